The van der Waals surface area contributed by atoms with E-state index in [0.29, 0.717) is 12.5 Å². The van der Waals surface area contributed by atoms with Crippen LogP contribution in [0.4, 0.5) is 0 Å². The van der Waals surface area contributed by atoms with Gasteiger partial charge in [-0.05, 0) is 38.3 Å². The molecule has 0 saturated heterocycles. The Morgan fingerprint density at radius 3 is 2.91 bits per heavy atom. The van der Waals surface area contributed by atoms with Gasteiger partial charge in [0.25, 0.3) is 5.56 Å². The highest BCUT2D eigenvalue weighted by molar-refractivity contribution is 5.24. The van der Waals surface area contributed by atoms with Crippen LogP contribution in [0.15, 0.2) is 15.3 Å². The van der Waals surface area contributed by atoms with Crippen LogP contribution in [0.3, 0.4) is 0 Å². The van der Waals surface area contributed by atoms with Gasteiger partial charge in [-0.1, -0.05) is 0 Å². The number of nitrogens with one attached hydrogen (secondary N) is 1. The number of H-pyrrole nitrogens is 1. The molecule has 4 rings (SSSR count). The number of furan rings is 1. The van der Waals surface area contributed by atoms with Crippen LogP contribution >= 0.6 is 0 Å². The second-order valence-electron chi connectivity index (χ2n) is 6.56. The smallest absolute Gasteiger partial charge is 0.255 e. The third-order valence-electron chi connectivity index (χ3n) is 4.73. The maximum Gasteiger partial charge on any atom is 0.255 e. The number of nitrogens with zero attached hydrogens (tertiary/aromatic N) is 2. The minimum absolute atomic E-state index is 0.0448. The summed E-state index contributed by atoms with van der Waals surface area (Å²) < 4.78 is 5.75. The molecule has 2 aliphatic rings. The molecule has 1 saturated carbocycles. The van der Waals surface area contributed by atoms with Crippen LogP contribution < -0.4 is 5.56 Å². The van der Waals surface area contributed by atoms with E-state index in [1.807, 2.05) is 6.92 Å². The first-order valence-electron chi connectivity index (χ1n) is 8.00. The molecule has 1 aliphatic heterocycles. The SMILES string of the molecule is Cc1cc(CN2CCc3nc(C4CC4)[nH]c(=O)c3C2)oc1C. The Morgan fingerprint density at radius 1 is 1.41 bits per heavy atom. The molecule has 0 atom stereocenters. The van der Waals surface area contributed by atoms with E-state index in [4.69, 9.17) is 9.40 Å². The highest BCUT2D eigenvalue weighted by Crippen LogP contribution is 2.37. The van der Waals surface area contributed by atoms with Gasteiger partial charge in [-0.15, -0.1) is 0 Å². The molecule has 22 heavy (non-hydrogen) atoms. The average Bonchev–Trinajstić information content (AvgIpc) is 3.27. The monoisotopic (exact) mass is 299 g/mol. The fourth-order valence-corrected chi connectivity index (χ4v) is 3.13. The summed E-state index contributed by atoms with van der Waals surface area (Å²) >= 11 is 0. The Hall–Kier alpha value is -1.88. The van der Waals surface area contributed by atoms with Gasteiger partial charge in [0.05, 0.1) is 17.8 Å². The van der Waals surface area contributed by atoms with Crippen molar-refractivity contribution in [3.05, 3.63) is 50.6 Å². The second-order valence-corrected chi connectivity index (χ2v) is 6.56. The Balaban J connectivity index is 1.55. The van der Waals surface area contributed by atoms with Crippen molar-refractivity contribution < 1.29 is 4.42 Å². The van der Waals surface area contributed by atoms with E-state index in [0.717, 1.165) is 61.0 Å². The van der Waals surface area contributed by atoms with E-state index in [2.05, 4.69) is 22.9 Å². The number of fused-ring (bicyclic) bond motifs is 1. The van der Waals surface area contributed by atoms with Crippen molar-refractivity contribution in [2.24, 2.45) is 0 Å². The zero-order valence-electron chi connectivity index (χ0n) is 13.1. The molecule has 5 heteroatoms. The molecular weight excluding hydrogens is 278 g/mol. The lowest BCUT2D eigenvalue weighted by Gasteiger charge is -2.26. The lowest BCUT2D eigenvalue weighted by atomic mass is 10.1. The predicted molar refractivity (Wildman–Crippen MR) is 82.8 cm³/mol. The molecule has 5 nitrogen and oxygen atoms in total. The zero-order valence-corrected chi connectivity index (χ0v) is 13.1. The van der Waals surface area contributed by atoms with E-state index in [9.17, 15) is 4.79 Å². The van der Waals surface area contributed by atoms with Crippen LogP contribution in [0.5, 0.6) is 0 Å². The topological polar surface area (TPSA) is 62.1 Å². The molecule has 1 N–H and O–H groups in total. The van der Waals surface area contributed by atoms with Gasteiger partial charge in [-0.2, -0.15) is 0 Å². The molecule has 2 aromatic rings. The van der Waals surface area contributed by atoms with Gasteiger partial charge >= 0.3 is 0 Å². The van der Waals surface area contributed by atoms with Crippen LogP contribution in [0, 0.1) is 13.8 Å². The van der Waals surface area contributed by atoms with E-state index < -0.39 is 0 Å². The van der Waals surface area contributed by atoms with E-state index in [-0.39, 0.29) is 5.56 Å². The van der Waals surface area contributed by atoms with Gasteiger partial charge in [0.2, 0.25) is 0 Å². The fraction of sp³-hybridized carbons (Fsp3) is 0.529. The Bertz CT molecular complexity index is 751. The van der Waals surface area contributed by atoms with E-state index in [1.165, 1.54) is 5.56 Å². The maximum absolute atomic E-state index is 12.3. The quantitative estimate of drug-likeness (QED) is 0.945. The van der Waals surface area contributed by atoms with E-state index in [1.54, 1.807) is 0 Å². The Kier molecular flexibility index (Phi) is 3.18. The average molecular weight is 299 g/mol. The number of aryl methyl sites for hydroxylation is 2. The minimum atomic E-state index is 0.0448. The van der Waals surface area contributed by atoms with Gasteiger partial charge in [-0.3, -0.25) is 9.69 Å². The Labute approximate surface area is 129 Å². The van der Waals surface area contributed by atoms with Gasteiger partial charge < -0.3 is 9.40 Å². The molecule has 1 aliphatic carbocycles. The molecule has 0 unspecified atom stereocenters. The lowest BCUT2D eigenvalue weighted by molar-refractivity contribution is 0.221. The summed E-state index contributed by atoms with van der Waals surface area (Å²) in [5.74, 6) is 3.33. The number of aromatic nitrogens is 2. The highest BCUT2D eigenvalue weighted by Gasteiger charge is 2.29. The van der Waals surface area contributed by atoms with Crippen LogP contribution in [0.2, 0.25) is 0 Å². The molecular formula is C17H21N3O2. The molecule has 0 radical (unpaired) electrons. The summed E-state index contributed by atoms with van der Waals surface area (Å²) in [6.07, 6.45) is 3.16. The number of aromatic amines is 1. The van der Waals surface area contributed by atoms with Crippen molar-refractivity contribution in [2.75, 3.05) is 6.54 Å². The molecule has 0 aromatic carbocycles. The molecule has 3 heterocycles. The van der Waals surface area contributed by atoms with Crippen LogP contribution in [-0.4, -0.2) is 21.4 Å². The first-order valence-corrected chi connectivity index (χ1v) is 8.00. The Morgan fingerprint density at radius 2 is 2.23 bits per heavy atom. The summed E-state index contributed by atoms with van der Waals surface area (Å²) in [6.45, 7) is 6.37. The normalized spacial score (nSPS) is 18.5. The van der Waals surface area contributed by atoms with Crippen molar-refractivity contribution >= 4 is 0 Å². The van der Waals surface area contributed by atoms with E-state index >= 15 is 0 Å². The third-order valence-corrected chi connectivity index (χ3v) is 4.73. The van der Waals surface area contributed by atoms with Crippen LogP contribution in [-0.2, 0) is 19.5 Å². The van der Waals surface area contributed by atoms with Crippen molar-refractivity contribution in [2.45, 2.75) is 52.1 Å². The first kappa shape index (κ1) is 13.8. The van der Waals surface area contributed by atoms with Gasteiger partial charge in [0, 0.05) is 25.4 Å². The number of rotatable bonds is 3. The molecule has 116 valence electrons. The van der Waals surface area contributed by atoms with Crippen molar-refractivity contribution in [1.82, 2.24) is 14.9 Å². The molecule has 0 amide bonds. The number of hydrogen-bond donors (Lipinski definition) is 1. The standard InChI is InChI=1S/C17H21N3O2/c1-10-7-13(22-11(10)2)8-20-6-5-15-14(9-20)17(21)19-16(18-15)12-3-4-12/h7,12H,3-6,8-9H2,1-2H3,(H,18,19,21). The summed E-state index contributed by atoms with van der Waals surface area (Å²) in [5.41, 5.74) is 3.05. The molecule has 2 aromatic heterocycles. The largest absolute Gasteiger partial charge is 0.465 e. The lowest BCUT2D eigenvalue weighted by Crippen LogP contribution is -2.35. The second kappa shape index (κ2) is 5.09. The van der Waals surface area contributed by atoms with Crippen LogP contribution in [0.25, 0.3) is 0 Å². The predicted octanol–water partition coefficient (Wildman–Crippen LogP) is 2.42. The summed E-state index contributed by atoms with van der Waals surface area (Å²) in [7, 11) is 0. The summed E-state index contributed by atoms with van der Waals surface area (Å²) in [6, 6.07) is 2.09. The summed E-state index contributed by atoms with van der Waals surface area (Å²) in [4.78, 5) is 22.3. The zero-order chi connectivity index (χ0) is 15.3. The van der Waals surface area contributed by atoms with Gasteiger partial charge in [0.15, 0.2) is 0 Å². The van der Waals surface area contributed by atoms with Crippen molar-refractivity contribution in [3.8, 4) is 0 Å². The van der Waals surface area contributed by atoms with Crippen molar-refractivity contribution in [1.29, 1.82) is 0 Å². The molecule has 1 fully saturated rings. The first-order chi connectivity index (χ1) is 10.6. The number of hydrogen-bond acceptors (Lipinski definition) is 4. The van der Waals surface area contributed by atoms with Crippen LogP contribution in [0.1, 0.15) is 52.9 Å². The fourth-order valence-electron chi connectivity index (χ4n) is 3.13. The van der Waals surface area contributed by atoms with Crippen molar-refractivity contribution in [3.63, 3.8) is 0 Å². The summed E-state index contributed by atoms with van der Waals surface area (Å²) in [5, 5.41) is 0. The third kappa shape index (κ3) is 2.50. The molecule has 0 spiro atoms. The van der Waals surface area contributed by atoms with Gasteiger partial charge in [-0.25, -0.2) is 4.98 Å². The maximum atomic E-state index is 12.3. The minimum Gasteiger partial charge on any atom is -0.465 e. The highest BCUT2D eigenvalue weighted by atomic mass is 16.3. The van der Waals surface area contributed by atoms with Gasteiger partial charge in [0.1, 0.15) is 17.3 Å². The molecule has 0 bridgehead atoms.